The van der Waals surface area contributed by atoms with E-state index in [-0.39, 0.29) is 16.9 Å². The molecule has 1 fully saturated rings. The van der Waals surface area contributed by atoms with Crippen molar-refractivity contribution in [2.75, 3.05) is 11.9 Å². The van der Waals surface area contributed by atoms with E-state index in [2.05, 4.69) is 20.5 Å². The smallest absolute Gasteiger partial charge is 0.163 e. The molecule has 0 spiro atoms. The second-order valence-corrected chi connectivity index (χ2v) is 5.24. The lowest BCUT2D eigenvalue weighted by atomic mass is 9.66. The molecule has 5 nitrogen and oxygen atoms in total. The fourth-order valence-corrected chi connectivity index (χ4v) is 2.62. The monoisotopic (exact) mass is 283 g/mol. The Morgan fingerprint density at radius 1 is 1.29 bits per heavy atom. The number of nitrogens with zero attached hydrogens (tertiary/aromatic N) is 4. The third-order valence-electron chi connectivity index (χ3n) is 3.96. The normalized spacial score (nSPS) is 15.8. The van der Waals surface area contributed by atoms with Crippen LogP contribution in [-0.4, -0.2) is 21.7 Å². The van der Waals surface area contributed by atoms with Gasteiger partial charge in [0.15, 0.2) is 5.69 Å². The first kappa shape index (κ1) is 13.4. The van der Waals surface area contributed by atoms with Crippen molar-refractivity contribution in [1.82, 2.24) is 15.2 Å². The van der Waals surface area contributed by atoms with Crippen LogP contribution in [-0.2, 0) is 5.41 Å². The maximum Gasteiger partial charge on any atom is 0.163 e. The summed E-state index contributed by atoms with van der Waals surface area (Å²) in [6.07, 6.45) is 4.49. The van der Waals surface area contributed by atoms with Gasteiger partial charge in [0, 0.05) is 18.2 Å². The first-order chi connectivity index (χ1) is 10.2. The van der Waals surface area contributed by atoms with E-state index in [9.17, 15) is 4.39 Å². The van der Waals surface area contributed by atoms with Gasteiger partial charge in [0.2, 0.25) is 0 Å². The molecule has 0 aliphatic heterocycles. The molecule has 21 heavy (non-hydrogen) atoms. The molecule has 6 heteroatoms. The minimum Gasteiger partial charge on any atom is -0.368 e. The lowest BCUT2D eigenvalue weighted by Crippen LogP contribution is -2.42. The van der Waals surface area contributed by atoms with Gasteiger partial charge in [-0.25, -0.2) is 4.39 Å². The van der Waals surface area contributed by atoms with Gasteiger partial charge in [-0.05, 0) is 37.1 Å². The number of nitrogens with one attached hydrogen (secondary N) is 1. The Balaban J connectivity index is 1.76. The van der Waals surface area contributed by atoms with Crippen LogP contribution in [0.15, 0.2) is 30.5 Å². The van der Waals surface area contributed by atoms with Crippen LogP contribution in [0.5, 0.6) is 0 Å². The molecule has 1 aliphatic rings. The number of anilines is 1. The third-order valence-corrected chi connectivity index (χ3v) is 3.96. The van der Waals surface area contributed by atoms with E-state index < -0.39 is 0 Å². The van der Waals surface area contributed by atoms with Gasteiger partial charge in [-0.1, -0.05) is 6.42 Å². The summed E-state index contributed by atoms with van der Waals surface area (Å²) in [5, 5.41) is 19.6. The summed E-state index contributed by atoms with van der Waals surface area (Å²) in [5.74, 6) is 0.321. The lowest BCUT2D eigenvalue weighted by Gasteiger charge is -2.41. The zero-order valence-electron chi connectivity index (χ0n) is 11.4. The fraction of sp³-hybridized carbons (Fsp3) is 0.333. The van der Waals surface area contributed by atoms with Gasteiger partial charge < -0.3 is 5.32 Å². The Kier molecular flexibility index (Phi) is 3.48. The summed E-state index contributed by atoms with van der Waals surface area (Å²) in [6.45, 7) is 0.557. The maximum absolute atomic E-state index is 14.0. The molecule has 3 rings (SSSR count). The maximum atomic E-state index is 14.0. The van der Waals surface area contributed by atoms with Crippen LogP contribution in [0.4, 0.5) is 10.2 Å². The molecule has 0 radical (unpaired) electrons. The molecule has 1 saturated carbocycles. The average molecular weight is 283 g/mol. The number of rotatable bonds is 4. The SMILES string of the molecule is N#Cc1ccc(NCC2(c3ncccc3F)CCC2)nn1. The second-order valence-electron chi connectivity index (χ2n) is 5.24. The number of nitriles is 1. The summed E-state index contributed by atoms with van der Waals surface area (Å²) >= 11 is 0. The molecule has 2 aromatic rings. The Bertz CT molecular complexity index is 673. The fourth-order valence-electron chi connectivity index (χ4n) is 2.62. The van der Waals surface area contributed by atoms with Gasteiger partial charge in [0.25, 0.3) is 0 Å². The van der Waals surface area contributed by atoms with Gasteiger partial charge in [0.1, 0.15) is 17.7 Å². The van der Waals surface area contributed by atoms with Gasteiger partial charge in [-0.3, -0.25) is 4.98 Å². The van der Waals surface area contributed by atoms with E-state index >= 15 is 0 Å². The van der Waals surface area contributed by atoms with E-state index in [1.807, 2.05) is 6.07 Å². The van der Waals surface area contributed by atoms with E-state index in [0.29, 0.717) is 18.1 Å². The minimum atomic E-state index is -0.277. The quantitative estimate of drug-likeness (QED) is 0.932. The first-order valence-corrected chi connectivity index (χ1v) is 6.82. The zero-order valence-corrected chi connectivity index (χ0v) is 11.4. The molecule has 0 atom stereocenters. The predicted octanol–water partition coefficient (Wildman–Crippen LogP) is 2.42. The molecule has 1 aliphatic carbocycles. The summed E-state index contributed by atoms with van der Waals surface area (Å²) in [5.41, 5.74) is 0.515. The Labute approximate surface area is 121 Å². The zero-order chi connectivity index (χ0) is 14.7. The van der Waals surface area contributed by atoms with E-state index in [0.717, 1.165) is 19.3 Å². The molecule has 0 amide bonds. The van der Waals surface area contributed by atoms with Gasteiger partial charge >= 0.3 is 0 Å². The van der Waals surface area contributed by atoms with Crippen molar-refractivity contribution in [3.63, 3.8) is 0 Å². The van der Waals surface area contributed by atoms with Crippen LogP contribution in [0.1, 0.15) is 30.7 Å². The molecule has 0 aromatic carbocycles. The van der Waals surface area contributed by atoms with Crippen molar-refractivity contribution < 1.29 is 4.39 Å². The number of halogens is 1. The third kappa shape index (κ3) is 2.55. The molecule has 0 saturated heterocycles. The molecule has 0 unspecified atom stereocenters. The number of hydrogen-bond donors (Lipinski definition) is 1. The summed E-state index contributed by atoms with van der Waals surface area (Å²) < 4.78 is 14.0. The summed E-state index contributed by atoms with van der Waals surface area (Å²) in [6, 6.07) is 8.27. The van der Waals surface area contributed by atoms with Gasteiger partial charge in [-0.2, -0.15) is 5.26 Å². The Morgan fingerprint density at radius 2 is 2.14 bits per heavy atom. The molecule has 0 bridgehead atoms. The molecule has 1 N–H and O–H groups in total. The highest BCUT2D eigenvalue weighted by Gasteiger charge is 2.41. The van der Waals surface area contributed by atoms with Crippen LogP contribution >= 0.6 is 0 Å². The van der Waals surface area contributed by atoms with Crippen molar-refractivity contribution in [2.45, 2.75) is 24.7 Å². The Hall–Kier alpha value is -2.55. The highest BCUT2D eigenvalue weighted by atomic mass is 19.1. The average Bonchev–Trinajstić information content (AvgIpc) is 2.48. The van der Waals surface area contributed by atoms with Crippen molar-refractivity contribution in [1.29, 1.82) is 5.26 Å². The number of hydrogen-bond acceptors (Lipinski definition) is 5. The molecule has 2 heterocycles. The van der Waals surface area contributed by atoms with Gasteiger partial charge in [0.05, 0.1) is 5.69 Å². The van der Waals surface area contributed by atoms with Crippen LogP contribution in [0.25, 0.3) is 0 Å². The van der Waals surface area contributed by atoms with Crippen molar-refractivity contribution in [3.8, 4) is 6.07 Å². The number of pyridine rings is 1. The summed E-state index contributed by atoms with van der Waals surface area (Å²) in [4.78, 5) is 4.22. The molecular weight excluding hydrogens is 269 g/mol. The molecular formula is C15H14FN5. The van der Waals surface area contributed by atoms with Crippen molar-refractivity contribution in [2.24, 2.45) is 0 Å². The van der Waals surface area contributed by atoms with Crippen LogP contribution in [0, 0.1) is 17.1 Å². The predicted molar refractivity (Wildman–Crippen MR) is 75.0 cm³/mol. The topological polar surface area (TPSA) is 74.5 Å². The van der Waals surface area contributed by atoms with Crippen LogP contribution in [0.3, 0.4) is 0 Å². The van der Waals surface area contributed by atoms with E-state index in [1.54, 1.807) is 24.4 Å². The summed E-state index contributed by atoms with van der Waals surface area (Å²) in [7, 11) is 0. The van der Waals surface area contributed by atoms with Crippen molar-refractivity contribution >= 4 is 5.82 Å². The van der Waals surface area contributed by atoms with Gasteiger partial charge in [-0.15, -0.1) is 10.2 Å². The van der Waals surface area contributed by atoms with Crippen LogP contribution in [0.2, 0.25) is 0 Å². The standard InChI is InChI=1S/C15H14FN5/c16-12-3-1-8-18-14(12)15(6-2-7-15)10-19-13-5-4-11(9-17)20-21-13/h1,3-5,8H,2,6-7,10H2,(H,19,21). The molecule has 106 valence electrons. The lowest BCUT2D eigenvalue weighted by molar-refractivity contribution is 0.243. The largest absolute Gasteiger partial charge is 0.368 e. The minimum absolute atomic E-state index is 0.259. The second kappa shape index (κ2) is 5.44. The van der Waals surface area contributed by atoms with E-state index in [4.69, 9.17) is 5.26 Å². The van der Waals surface area contributed by atoms with E-state index in [1.165, 1.54) is 6.07 Å². The highest BCUT2D eigenvalue weighted by Crippen LogP contribution is 2.43. The van der Waals surface area contributed by atoms with Crippen LogP contribution < -0.4 is 5.32 Å². The highest BCUT2D eigenvalue weighted by molar-refractivity contribution is 5.37. The molecule has 2 aromatic heterocycles. The Morgan fingerprint density at radius 3 is 2.71 bits per heavy atom. The number of aromatic nitrogens is 3. The first-order valence-electron chi connectivity index (χ1n) is 6.82. The van der Waals surface area contributed by atoms with Crippen molar-refractivity contribution in [3.05, 3.63) is 47.7 Å².